The number of carbonyl (C=O) groups excluding carboxylic acids is 2. The van der Waals surface area contributed by atoms with Gasteiger partial charge in [-0.15, -0.1) is 0 Å². The van der Waals surface area contributed by atoms with Crippen LogP contribution in [0.25, 0.3) is 0 Å². The van der Waals surface area contributed by atoms with E-state index in [1.807, 2.05) is 55.5 Å². The maximum atomic E-state index is 12.3. The molecule has 1 fully saturated rings. The minimum atomic E-state index is -0.165. The van der Waals surface area contributed by atoms with Crippen molar-refractivity contribution < 1.29 is 14.3 Å². The minimum Gasteiger partial charge on any atom is -0.457 e. The van der Waals surface area contributed by atoms with Gasteiger partial charge in [0.2, 0.25) is 11.8 Å². The molecule has 1 atom stereocenters. The van der Waals surface area contributed by atoms with Crippen LogP contribution in [-0.4, -0.2) is 18.4 Å². The highest BCUT2D eigenvalue weighted by Gasteiger charge is 2.24. The highest BCUT2D eigenvalue weighted by Crippen LogP contribution is 2.27. The summed E-state index contributed by atoms with van der Waals surface area (Å²) in [6.45, 7) is 2.80. The van der Waals surface area contributed by atoms with Crippen molar-refractivity contribution in [2.45, 2.75) is 26.3 Å². The number of piperidine rings is 1. The first-order valence-corrected chi connectivity index (χ1v) is 8.49. The van der Waals surface area contributed by atoms with Crippen LogP contribution in [0.2, 0.25) is 0 Å². The number of para-hydroxylation sites is 2. The summed E-state index contributed by atoms with van der Waals surface area (Å²) in [5.41, 5.74) is 1.97. The van der Waals surface area contributed by atoms with Crippen molar-refractivity contribution in [3.63, 3.8) is 0 Å². The number of carbonyl (C=O) groups is 2. The second-order valence-electron chi connectivity index (χ2n) is 6.23. The summed E-state index contributed by atoms with van der Waals surface area (Å²) < 4.78 is 6.02. The molecule has 5 heteroatoms. The SMILES string of the molecule is Cc1ccccc1Oc1ccccc1CNC(=O)[C@H]1CCC(=O)NC1. The summed E-state index contributed by atoms with van der Waals surface area (Å²) in [5, 5.41) is 5.69. The fourth-order valence-corrected chi connectivity index (χ4v) is 2.82. The van der Waals surface area contributed by atoms with E-state index in [4.69, 9.17) is 4.74 Å². The predicted octanol–water partition coefficient (Wildman–Crippen LogP) is 2.93. The van der Waals surface area contributed by atoms with Crippen molar-refractivity contribution in [3.8, 4) is 11.5 Å². The lowest BCUT2D eigenvalue weighted by atomic mass is 9.98. The summed E-state index contributed by atoms with van der Waals surface area (Å²) >= 11 is 0. The predicted molar refractivity (Wildman–Crippen MR) is 95.3 cm³/mol. The lowest BCUT2D eigenvalue weighted by Crippen LogP contribution is -2.42. The van der Waals surface area contributed by atoms with E-state index in [0.717, 1.165) is 22.6 Å². The van der Waals surface area contributed by atoms with Gasteiger partial charge in [0.25, 0.3) is 0 Å². The van der Waals surface area contributed by atoms with Crippen LogP contribution in [0.1, 0.15) is 24.0 Å². The van der Waals surface area contributed by atoms with Crippen LogP contribution >= 0.6 is 0 Å². The van der Waals surface area contributed by atoms with E-state index in [2.05, 4.69) is 10.6 Å². The van der Waals surface area contributed by atoms with Crippen molar-refractivity contribution in [2.75, 3.05) is 6.54 Å². The number of ether oxygens (including phenoxy) is 1. The first-order chi connectivity index (χ1) is 12.1. The van der Waals surface area contributed by atoms with Crippen LogP contribution in [0.3, 0.4) is 0 Å². The van der Waals surface area contributed by atoms with Gasteiger partial charge in [-0.1, -0.05) is 36.4 Å². The van der Waals surface area contributed by atoms with E-state index in [1.54, 1.807) is 0 Å². The highest BCUT2D eigenvalue weighted by molar-refractivity contribution is 5.83. The lowest BCUT2D eigenvalue weighted by Gasteiger charge is -2.22. The second kappa shape index (κ2) is 7.83. The summed E-state index contributed by atoms with van der Waals surface area (Å²) in [6.07, 6.45) is 1.00. The van der Waals surface area contributed by atoms with Gasteiger partial charge in [0.1, 0.15) is 11.5 Å². The summed E-state index contributed by atoms with van der Waals surface area (Å²) in [7, 11) is 0. The zero-order valence-corrected chi connectivity index (χ0v) is 14.2. The maximum absolute atomic E-state index is 12.3. The highest BCUT2D eigenvalue weighted by atomic mass is 16.5. The third-order valence-electron chi connectivity index (χ3n) is 4.38. The summed E-state index contributed by atoms with van der Waals surface area (Å²) in [5.74, 6) is 1.35. The van der Waals surface area contributed by atoms with Gasteiger partial charge in [-0.2, -0.15) is 0 Å². The second-order valence-corrected chi connectivity index (χ2v) is 6.23. The van der Waals surface area contributed by atoms with E-state index < -0.39 is 0 Å². The van der Waals surface area contributed by atoms with Gasteiger partial charge in [0.15, 0.2) is 0 Å². The molecule has 0 saturated carbocycles. The van der Waals surface area contributed by atoms with Crippen molar-refractivity contribution in [3.05, 3.63) is 59.7 Å². The molecule has 2 aromatic carbocycles. The third-order valence-corrected chi connectivity index (χ3v) is 4.38. The largest absolute Gasteiger partial charge is 0.457 e. The molecule has 5 nitrogen and oxygen atoms in total. The van der Waals surface area contributed by atoms with Gasteiger partial charge in [-0.05, 0) is 31.0 Å². The molecular weight excluding hydrogens is 316 g/mol. The number of rotatable bonds is 5. The first-order valence-electron chi connectivity index (χ1n) is 8.49. The maximum Gasteiger partial charge on any atom is 0.225 e. The topological polar surface area (TPSA) is 67.4 Å². The molecule has 1 aliphatic heterocycles. The minimum absolute atomic E-state index is 0.0148. The Morgan fingerprint density at radius 2 is 1.88 bits per heavy atom. The van der Waals surface area contributed by atoms with Crippen molar-refractivity contribution >= 4 is 11.8 Å². The molecule has 0 bridgehead atoms. The molecule has 1 saturated heterocycles. The van der Waals surface area contributed by atoms with Crippen LogP contribution in [-0.2, 0) is 16.1 Å². The normalized spacial score (nSPS) is 16.8. The van der Waals surface area contributed by atoms with Crippen molar-refractivity contribution in [1.29, 1.82) is 0 Å². The zero-order chi connectivity index (χ0) is 17.6. The van der Waals surface area contributed by atoms with Crippen LogP contribution in [0.4, 0.5) is 0 Å². The van der Waals surface area contributed by atoms with Gasteiger partial charge in [-0.3, -0.25) is 9.59 Å². The molecule has 0 aliphatic carbocycles. The Kier molecular flexibility index (Phi) is 5.33. The molecule has 1 heterocycles. The van der Waals surface area contributed by atoms with Crippen molar-refractivity contribution in [2.24, 2.45) is 5.92 Å². The van der Waals surface area contributed by atoms with Gasteiger partial charge in [0, 0.05) is 25.1 Å². The molecular formula is C20H22N2O3. The lowest BCUT2D eigenvalue weighted by molar-refractivity contribution is -0.129. The van der Waals surface area contributed by atoms with Crippen LogP contribution in [0.15, 0.2) is 48.5 Å². The monoisotopic (exact) mass is 338 g/mol. The molecule has 2 N–H and O–H groups in total. The number of nitrogens with one attached hydrogen (secondary N) is 2. The van der Waals surface area contributed by atoms with Crippen LogP contribution in [0.5, 0.6) is 11.5 Å². The smallest absolute Gasteiger partial charge is 0.225 e. The van der Waals surface area contributed by atoms with Gasteiger partial charge < -0.3 is 15.4 Å². The third kappa shape index (κ3) is 4.38. The van der Waals surface area contributed by atoms with E-state index in [9.17, 15) is 9.59 Å². The molecule has 1 aliphatic rings. The fourth-order valence-electron chi connectivity index (χ4n) is 2.82. The molecule has 130 valence electrons. The van der Waals surface area contributed by atoms with Gasteiger partial charge in [-0.25, -0.2) is 0 Å². The Hall–Kier alpha value is -2.82. The van der Waals surface area contributed by atoms with Crippen LogP contribution < -0.4 is 15.4 Å². The number of benzene rings is 2. The number of hydrogen-bond acceptors (Lipinski definition) is 3. The average Bonchev–Trinajstić information content (AvgIpc) is 2.63. The van der Waals surface area contributed by atoms with Gasteiger partial charge >= 0.3 is 0 Å². The molecule has 0 unspecified atom stereocenters. The van der Waals surface area contributed by atoms with Crippen molar-refractivity contribution in [1.82, 2.24) is 10.6 Å². The Morgan fingerprint density at radius 1 is 1.16 bits per heavy atom. The Bertz CT molecular complexity index is 763. The Labute approximate surface area is 147 Å². The number of hydrogen-bond donors (Lipinski definition) is 2. The summed E-state index contributed by atoms with van der Waals surface area (Å²) in [6, 6.07) is 15.5. The quantitative estimate of drug-likeness (QED) is 0.881. The number of amides is 2. The fraction of sp³-hybridized carbons (Fsp3) is 0.300. The van der Waals surface area contributed by atoms with Crippen LogP contribution in [0, 0.1) is 12.8 Å². The van der Waals surface area contributed by atoms with E-state index in [-0.39, 0.29) is 17.7 Å². The molecule has 0 aromatic heterocycles. The van der Waals surface area contributed by atoms with E-state index in [0.29, 0.717) is 25.9 Å². The molecule has 3 rings (SSSR count). The molecule has 0 radical (unpaired) electrons. The molecule has 0 spiro atoms. The Balaban J connectivity index is 1.64. The number of aryl methyl sites for hydroxylation is 1. The summed E-state index contributed by atoms with van der Waals surface area (Å²) in [4.78, 5) is 23.5. The zero-order valence-electron chi connectivity index (χ0n) is 14.2. The molecule has 2 amide bonds. The molecule has 25 heavy (non-hydrogen) atoms. The first kappa shape index (κ1) is 17.0. The Morgan fingerprint density at radius 3 is 2.60 bits per heavy atom. The molecule has 2 aromatic rings. The van der Waals surface area contributed by atoms with E-state index in [1.165, 1.54) is 0 Å². The standard InChI is InChI=1S/C20H22N2O3/c1-14-6-2-4-8-17(14)25-18-9-5-3-7-15(18)12-22-20(24)16-10-11-19(23)21-13-16/h2-9,16H,10-13H2,1H3,(H,21,23)(H,22,24)/t16-/m0/s1. The van der Waals surface area contributed by atoms with Gasteiger partial charge in [0.05, 0.1) is 5.92 Å². The average molecular weight is 338 g/mol. The van der Waals surface area contributed by atoms with E-state index >= 15 is 0 Å².